The highest BCUT2D eigenvalue weighted by atomic mass is 32.2. The van der Waals surface area contributed by atoms with Crippen LogP contribution in [0.15, 0.2) is 23.1 Å². The number of aliphatic carboxylic acids is 1. The van der Waals surface area contributed by atoms with Crippen molar-refractivity contribution < 1.29 is 23.1 Å². The van der Waals surface area contributed by atoms with Gasteiger partial charge in [-0.3, -0.25) is 4.79 Å². The molecule has 0 bridgehead atoms. The van der Waals surface area contributed by atoms with Crippen molar-refractivity contribution >= 4 is 21.9 Å². The second kappa shape index (κ2) is 6.67. The SMILES string of the molecule is CCC(NC(=O)c1cc(S(=O)(=O)NC2CC2)ccc1C)C(=O)O. The summed E-state index contributed by atoms with van der Waals surface area (Å²) < 4.78 is 27.0. The van der Waals surface area contributed by atoms with Crippen molar-refractivity contribution in [3.05, 3.63) is 29.3 Å². The van der Waals surface area contributed by atoms with Crippen LogP contribution in [0, 0.1) is 6.92 Å². The summed E-state index contributed by atoms with van der Waals surface area (Å²) in [5.41, 5.74) is 0.733. The fourth-order valence-corrected chi connectivity index (χ4v) is 3.41. The van der Waals surface area contributed by atoms with E-state index >= 15 is 0 Å². The van der Waals surface area contributed by atoms with Crippen LogP contribution in [0.3, 0.4) is 0 Å². The van der Waals surface area contributed by atoms with E-state index in [1.807, 2.05) is 0 Å². The number of hydrogen-bond acceptors (Lipinski definition) is 4. The molecule has 3 N–H and O–H groups in total. The number of nitrogens with one attached hydrogen (secondary N) is 2. The molecule has 1 saturated carbocycles. The minimum atomic E-state index is -3.67. The Kier molecular flexibility index (Phi) is 5.06. The maximum atomic E-state index is 12.3. The quantitative estimate of drug-likeness (QED) is 0.686. The Morgan fingerprint density at radius 1 is 1.35 bits per heavy atom. The summed E-state index contributed by atoms with van der Waals surface area (Å²) in [6.45, 7) is 3.31. The van der Waals surface area contributed by atoms with E-state index in [2.05, 4.69) is 10.0 Å². The van der Waals surface area contributed by atoms with Gasteiger partial charge in [0.25, 0.3) is 5.91 Å². The first-order chi connectivity index (χ1) is 10.7. The smallest absolute Gasteiger partial charge is 0.326 e. The topological polar surface area (TPSA) is 113 Å². The van der Waals surface area contributed by atoms with E-state index < -0.39 is 27.9 Å². The molecule has 0 radical (unpaired) electrons. The normalized spacial score (nSPS) is 15.9. The highest BCUT2D eigenvalue weighted by molar-refractivity contribution is 7.89. The zero-order valence-electron chi connectivity index (χ0n) is 13.0. The standard InChI is InChI=1S/C15H20N2O5S/c1-3-13(15(19)20)16-14(18)12-8-11(7-4-9(12)2)23(21,22)17-10-5-6-10/h4,7-8,10,13,17H,3,5-6H2,1-2H3,(H,16,18)(H,19,20). The largest absolute Gasteiger partial charge is 0.480 e. The van der Waals surface area contributed by atoms with Crippen molar-refractivity contribution in [1.29, 1.82) is 0 Å². The third-order valence-electron chi connectivity index (χ3n) is 3.67. The monoisotopic (exact) mass is 340 g/mol. The molecule has 0 aliphatic heterocycles. The van der Waals surface area contributed by atoms with Gasteiger partial charge in [0.1, 0.15) is 6.04 Å². The maximum absolute atomic E-state index is 12.3. The Morgan fingerprint density at radius 2 is 2.00 bits per heavy atom. The number of carbonyl (C=O) groups excluding carboxylic acids is 1. The van der Waals surface area contributed by atoms with E-state index in [1.54, 1.807) is 13.8 Å². The molecule has 0 heterocycles. The molecule has 1 aromatic carbocycles. The van der Waals surface area contributed by atoms with Gasteiger partial charge in [-0.05, 0) is 43.9 Å². The van der Waals surface area contributed by atoms with Crippen molar-refractivity contribution in [2.45, 2.75) is 50.1 Å². The molecule has 1 fully saturated rings. The Bertz CT molecular complexity index is 725. The van der Waals surface area contributed by atoms with Crippen molar-refractivity contribution in [3.8, 4) is 0 Å². The van der Waals surface area contributed by atoms with Crippen molar-refractivity contribution in [1.82, 2.24) is 10.0 Å². The summed E-state index contributed by atoms with van der Waals surface area (Å²) >= 11 is 0. The Labute approximate surface area is 135 Å². The predicted molar refractivity (Wildman–Crippen MR) is 83.7 cm³/mol. The maximum Gasteiger partial charge on any atom is 0.326 e. The van der Waals surface area contributed by atoms with Gasteiger partial charge in [0, 0.05) is 11.6 Å². The first kappa shape index (κ1) is 17.4. The lowest BCUT2D eigenvalue weighted by Crippen LogP contribution is -2.40. The van der Waals surface area contributed by atoms with Crippen LogP contribution >= 0.6 is 0 Å². The minimum Gasteiger partial charge on any atom is -0.480 e. The molecule has 8 heteroatoms. The van der Waals surface area contributed by atoms with Crippen LogP contribution in [-0.2, 0) is 14.8 Å². The second-order valence-corrected chi connectivity index (χ2v) is 7.36. The van der Waals surface area contributed by atoms with Gasteiger partial charge in [0.15, 0.2) is 0 Å². The van der Waals surface area contributed by atoms with Crippen LogP contribution in [0.2, 0.25) is 0 Å². The molecule has 1 atom stereocenters. The average Bonchev–Trinajstić information content (AvgIpc) is 3.27. The molecule has 2 rings (SSSR count). The number of hydrogen-bond donors (Lipinski definition) is 3. The number of carboxylic acids is 1. The fraction of sp³-hybridized carbons (Fsp3) is 0.467. The molecule has 1 unspecified atom stereocenters. The molecule has 1 aliphatic rings. The molecule has 0 aromatic heterocycles. The van der Waals surface area contributed by atoms with Gasteiger partial charge < -0.3 is 10.4 Å². The highest BCUT2D eigenvalue weighted by Crippen LogP contribution is 2.23. The third-order valence-corrected chi connectivity index (χ3v) is 5.19. The van der Waals surface area contributed by atoms with Crippen molar-refractivity contribution in [3.63, 3.8) is 0 Å². The van der Waals surface area contributed by atoms with Crippen molar-refractivity contribution in [2.24, 2.45) is 0 Å². The predicted octanol–water partition coefficient (Wildman–Crippen LogP) is 1.03. The average molecular weight is 340 g/mol. The van der Waals surface area contributed by atoms with Gasteiger partial charge in [-0.15, -0.1) is 0 Å². The summed E-state index contributed by atoms with van der Waals surface area (Å²) in [6, 6.07) is 3.22. The first-order valence-corrected chi connectivity index (χ1v) is 8.89. The number of carbonyl (C=O) groups is 2. The summed E-state index contributed by atoms with van der Waals surface area (Å²) in [4.78, 5) is 23.3. The Hall–Kier alpha value is -1.93. The van der Waals surface area contributed by atoms with Gasteiger partial charge >= 0.3 is 5.97 Å². The first-order valence-electron chi connectivity index (χ1n) is 7.41. The molecule has 23 heavy (non-hydrogen) atoms. The fourth-order valence-electron chi connectivity index (χ4n) is 2.08. The molecule has 0 spiro atoms. The van der Waals surface area contributed by atoms with Crippen molar-refractivity contribution in [2.75, 3.05) is 0 Å². The van der Waals surface area contributed by atoms with Gasteiger partial charge in [0.05, 0.1) is 4.90 Å². The lowest BCUT2D eigenvalue weighted by molar-refractivity contribution is -0.139. The van der Waals surface area contributed by atoms with Crippen LogP contribution in [0.5, 0.6) is 0 Å². The number of benzene rings is 1. The summed E-state index contributed by atoms with van der Waals surface area (Å²) in [7, 11) is -3.67. The lowest BCUT2D eigenvalue weighted by Gasteiger charge is -2.14. The number of amides is 1. The van der Waals surface area contributed by atoms with E-state index in [1.165, 1.54) is 18.2 Å². The van der Waals surface area contributed by atoms with Gasteiger partial charge in [-0.1, -0.05) is 13.0 Å². The zero-order chi connectivity index (χ0) is 17.2. The number of rotatable bonds is 7. The minimum absolute atomic E-state index is 0.00326. The molecular formula is C15H20N2O5S. The number of sulfonamides is 1. The van der Waals surface area contributed by atoms with Gasteiger partial charge in [-0.2, -0.15) is 0 Å². The number of carboxylic acid groups (broad SMARTS) is 1. The molecule has 0 saturated heterocycles. The number of aryl methyl sites for hydroxylation is 1. The third kappa shape index (κ3) is 4.29. The molecule has 126 valence electrons. The highest BCUT2D eigenvalue weighted by Gasteiger charge is 2.29. The van der Waals surface area contributed by atoms with Crippen LogP contribution in [0.1, 0.15) is 42.1 Å². The molecule has 1 amide bonds. The summed E-state index contributed by atoms with van der Waals surface area (Å²) in [6.07, 6.45) is 1.87. The van der Waals surface area contributed by atoms with E-state index in [0.717, 1.165) is 12.8 Å². The van der Waals surface area contributed by atoms with Gasteiger partial charge in [-0.25, -0.2) is 17.9 Å². The zero-order valence-corrected chi connectivity index (χ0v) is 13.8. The van der Waals surface area contributed by atoms with E-state index in [4.69, 9.17) is 5.11 Å². The summed E-state index contributed by atoms with van der Waals surface area (Å²) in [5, 5.41) is 11.4. The summed E-state index contributed by atoms with van der Waals surface area (Å²) in [5.74, 6) is -1.72. The lowest BCUT2D eigenvalue weighted by atomic mass is 10.1. The van der Waals surface area contributed by atoms with Crippen LogP contribution in [-0.4, -0.2) is 37.5 Å². The molecule has 1 aromatic rings. The second-order valence-electron chi connectivity index (χ2n) is 5.64. The van der Waals surface area contributed by atoms with Gasteiger partial charge in [0.2, 0.25) is 10.0 Å². The molecular weight excluding hydrogens is 320 g/mol. The van der Waals surface area contributed by atoms with Crippen LogP contribution in [0.4, 0.5) is 0 Å². The Balaban J connectivity index is 2.26. The Morgan fingerprint density at radius 3 is 2.52 bits per heavy atom. The van der Waals surface area contributed by atoms with E-state index in [0.29, 0.717) is 5.56 Å². The van der Waals surface area contributed by atoms with Crippen LogP contribution < -0.4 is 10.0 Å². The van der Waals surface area contributed by atoms with E-state index in [-0.39, 0.29) is 22.9 Å². The van der Waals surface area contributed by atoms with E-state index in [9.17, 15) is 18.0 Å². The molecule has 1 aliphatic carbocycles. The molecule has 7 nitrogen and oxygen atoms in total. The van der Waals surface area contributed by atoms with Crippen LogP contribution in [0.25, 0.3) is 0 Å².